The number of thiophene rings is 1. The molecule has 0 unspecified atom stereocenters. The van der Waals surface area contributed by atoms with E-state index in [0.717, 1.165) is 55.7 Å². The van der Waals surface area contributed by atoms with Crippen LogP contribution in [0.3, 0.4) is 0 Å². The normalized spacial score (nSPS) is 21.0. The summed E-state index contributed by atoms with van der Waals surface area (Å²) in [6.45, 7) is 8.43. The van der Waals surface area contributed by atoms with Crippen LogP contribution in [-0.2, 0) is 11.2 Å². The number of nitrogens with zero attached hydrogens (tertiary/aromatic N) is 4. The predicted molar refractivity (Wildman–Crippen MR) is 107 cm³/mol. The first-order valence-corrected chi connectivity index (χ1v) is 10.9. The third-order valence-electron chi connectivity index (χ3n) is 5.91. The van der Waals surface area contributed by atoms with Crippen molar-refractivity contribution in [3.63, 3.8) is 0 Å². The van der Waals surface area contributed by atoms with Gasteiger partial charge in [0, 0.05) is 17.8 Å². The van der Waals surface area contributed by atoms with E-state index in [9.17, 15) is 0 Å². The second kappa shape index (κ2) is 7.33. The van der Waals surface area contributed by atoms with Crippen LogP contribution in [0.1, 0.15) is 42.5 Å². The van der Waals surface area contributed by atoms with Gasteiger partial charge in [0.2, 0.25) is 5.95 Å². The average molecular weight is 388 g/mol. The number of ether oxygens (including phenoxy) is 1. The molecular formula is C19H27N6OS+. The minimum atomic E-state index is 0.583. The van der Waals surface area contributed by atoms with E-state index in [1.54, 1.807) is 11.2 Å². The number of aromatic nitrogens is 4. The van der Waals surface area contributed by atoms with Crippen LogP contribution in [0.5, 0.6) is 0 Å². The smallest absolute Gasteiger partial charge is 0.227 e. The molecule has 144 valence electrons. The number of rotatable bonds is 5. The zero-order valence-corrected chi connectivity index (χ0v) is 16.6. The Morgan fingerprint density at radius 1 is 1.37 bits per heavy atom. The van der Waals surface area contributed by atoms with Gasteiger partial charge in [-0.3, -0.25) is 0 Å². The summed E-state index contributed by atoms with van der Waals surface area (Å²) in [5.41, 5.74) is 2.42. The minimum Gasteiger partial charge on any atom is -0.370 e. The first-order chi connectivity index (χ1) is 13.3. The number of hydrogen-bond donors (Lipinski definition) is 2. The highest BCUT2D eigenvalue weighted by atomic mass is 32.1. The summed E-state index contributed by atoms with van der Waals surface area (Å²) in [5, 5.41) is 9.19. The lowest BCUT2D eigenvalue weighted by atomic mass is 9.87. The van der Waals surface area contributed by atoms with Crippen molar-refractivity contribution in [1.29, 1.82) is 0 Å². The van der Waals surface area contributed by atoms with Crippen LogP contribution in [-0.4, -0.2) is 59.0 Å². The van der Waals surface area contributed by atoms with Gasteiger partial charge in [-0.1, -0.05) is 6.92 Å². The third-order valence-corrected chi connectivity index (χ3v) is 7.07. The van der Waals surface area contributed by atoms with Gasteiger partial charge >= 0.3 is 0 Å². The molecule has 5 rings (SSSR count). The van der Waals surface area contributed by atoms with E-state index in [1.807, 2.05) is 15.9 Å². The number of anilines is 1. The number of morpholine rings is 1. The van der Waals surface area contributed by atoms with Gasteiger partial charge in [0.15, 0.2) is 5.65 Å². The molecule has 0 aromatic carbocycles. The van der Waals surface area contributed by atoms with Crippen LogP contribution in [0, 0.1) is 0 Å². The summed E-state index contributed by atoms with van der Waals surface area (Å²) < 4.78 is 7.32. The van der Waals surface area contributed by atoms with E-state index in [1.165, 1.54) is 41.6 Å². The monoisotopic (exact) mass is 387 g/mol. The lowest BCUT2D eigenvalue weighted by Gasteiger charge is -2.23. The van der Waals surface area contributed by atoms with Crippen molar-refractivity contribution in [2.24, 2.45) is 0 Å². The molecule has 7 nitrogen and oxygen atoms in total. The number of aryl methyl sites for hydroxylation is 1. The van der Waals surface area contributed by atoms with Crippen molar-refractivity contribution in [2.75, 3.05) is 44.7 Å². The summed E-state index contributed by atoms with van der Waals surface area (Å²) in [5.74, 6) is 1.40. The number of quaternary nitrogens is 1. The zero-order chi connectivity index (χ0) is 18.2. The molecule has 3 aromatic rings. The van der Waals surface area contributed by atoms with E-state index in [-0.39, 0.29) is 0 Å². The Morgan fingerprint density at radius 2 is 2.26 bits per heavy atom. The van der Waals surface area contributed by atoms with Gasteiger partial charge < -0.3 is 15.0 Å². The lowest BCUT2D eigenvalue weighted by molar-refractivity contribution is -0.908. The van der Waals surface area contributed by atoms with Gasteiger partial charge in [0.1, 0.15) is 24.2 Å². The quantitative estimate of drug-likeness (QED) is 0.650. The summed E-state index contributed by atoms with van der Waals surface area (Å²) in [6.07, 6.45) is 6.47. The van der Waals surface area contributed by atoms with Gasteiger partial charge in [0.05, 0.1) is 25.1 Å². The Hall–Kier alpha value is -1.77. The van der Waals surface area contributed by atoms with Gasteiger partial charge in [-0.25, -0.2) is 9.97 Å². The van der Waals surface area contributed by atoms with Crippen LogP contribution >= 0.6 is 11.3 Å². The molecule has 0 saturated carbocycles. The molecule has 27 heavy (non-hydrogen) atoms. The largest absolute Gasteiger partial charge is 0.370 e. The molecule has 2 N–H and O–H groups in total. The third kappa shape index (κ3) is 3.19. The number of hydrogen-bond acceptors (Lipinski definition) is 6. The van der Waals surface area contributed by atoms with Gasteiger partial charge in [-0.2, -0.15) is 9.61 Å². The second-order valence-electron chi connectivity index (χ2n) is 7.74. The number of fused-ring (bicyclic) bond motifs is 5. The van der Waals surface area contributed by atoms with Crippen LogP contribution in [0.2, 0.25) is 0 Å². The molecule has 1 atom stereocenters. The fourth-order valence-electron chi connectivity index (χ4n) is 4.47. The van der Waals surface area contributed by atoms with E-state index in [0.29, 0.717) is 5.92 Å². The Kier molecular flexibility index (Phi) is 4.71. The second-order valence-corrected chi connectivity index (χ2v) is 8.82. The van der Waals surface area contributed by atoms with Crippen molar-refractivity contribution in [1.82, 2.24) is 19.6 Å². The van der Waals surface area contributed by atoms with Gasteiger partial charge in [-0.05, 0) is 30.7 Å². The van der Waals surface area contributed by atoms with E-state index >= 15 is 0 Å². The Balaban J connectivity index is 1.38. The fraction of sp³-hybridized carbons (Fsp3) is 0.632. The van der Waals surface area contributed by atoms with Crippen LogP contribution in [0.15, 0.2) is 6.33 Å². The molecule has 2 aliphatic rings. The highest BCUT2D eigenvalue weighted by molar-refractivity contribution is 7.19. The van der Waals surface area contributed by atoms with Crippen molar-refractivity contribution in [3.05, 3.63) is 16.8 Å². The van der Waals surface area contributed by atoms with E-state index < -0.39 is 0 Å². The molecule has 0 bridgehead atoms. The molecule has 3 aromatic heterocycles. The Bertz CT molecular complexity index is 945. The maximum atomic E-state index is 5.43. The molecule has 8 heteroatoms. The maximum absolute atomic E-state index is 5.43. The van der Waals surface area contributed by atoms with Crippen molar-refractivity contribution < 1.29 is 9.64 Å². The molecule has 1 fully saturated rings. The summed E-state index contributed by atoms with van der Waals surface area (Å²) in [6, 6.07) is 0. The average Bonchev–Trinajstić information content (AvgIpc) is 3.30. The summed E-state index contributed by atoms with van der Waals surface area (Å²) >= 11 is 1.85. The highest BCUT2D eigenvalue weighted by Crippen LogP contribution is 2.43. The first kappa shape index (κ1) is 17.3. The number of nitrogens with one attached hydrogen (secondary N) is 2. The van der Waals surface area contributed by atoms with E-state index in [2.05, 4.69) is 22.3 Å². The molecule has 1 aliphatic heterocycles. The van der Waals surface area contributed by atoms with Crippen molar-refractivity contribution in [3.8, 4) is 0 Å². The van der Waals surface area contributed by atoms with Crippen molar-refractivity contribution >= 4 is 33.1 Å². The molecule has 1 saturated heterocycles. The maximum Gasteiger partial charge on any atom is 0.227 e. The Morgan fingerprint density at radius 3 is 3.15 bits per heavy atom. The van der Waals surface area contributed by atoms with Gasteiger partial charge in [0.25, 0.3) is 0 Å². The zero-order valence-electron chi connectivity index (χ0n) is 15.8. The van der Waals surface area contributed by atoms with E-state index in [4.69, 9.17) is 9.72 Å². The Labute approximate surface area is 162 Å². The van der Waals surface area contributed by atoms with Gasteiger partial charge in [-0.15, -0.1) is 11.3 Å². The van der Waals surface area contributed by atoms with Crippen molar-refractivity contribution in [2.45, 2.75) is 38.5 Å². The van der Waals surface area contributed by atoms with Crippen LogP contribution in [0.4, 0.5) is 5.95 Å². The lowest BCUT2D eigenvalue weighted by Crippen LogP contribution is -3.14. The molecular weight excluding hydrogens is 360 g/mol. The fourth-order valence-corrected chi connectivity index (χ4v) is 5.79. The highest BCUT2D eigenvalue weighted by Gasteiger charge is 2.26. The summed E-state index contributed by atoms with van der Waals surface area (Å²) in [4.78, 5) is 13.8. The predicted octanol–water partition coefficient (Wildman–Crippen LogP) is 1.50. The molecule has 0 radical (unpaired) electrons. The summed E-state index contributed by atoms with van der Waals surface area (Å²) in [7, 11) is 0. The van der Waals surface area contributed by atoms with Crippen LogP contribution < -0.4 is 10.2 Å². The molecule has 1 aliphatic carbocycles. The molecule has 4 heterocycles. The minimum absolute atomic E-state index is 0.583. The van der Waals surface area contributed by atoms with Crippen LogP contribution in [0.25, 0.3) is 15.9 Å². The molecule has 0 amide bonds. The SMILES string of the molecule is C[C@H]1CCCc2sc3nc(NCCC[NH+]4CCOCC4)n4ncnc4c3c21. The standard InChI is InChI=1S/C19H26N6OS/c1-13-4-2-5-14-15(13)16-17-21-12-22-25(17)19(23-18(16)27-14)20-6-3-7-24-8-10-26-11-9-24/h12-13H,2-11H2,1H3,(H,20,23)/p+1/t13-/m0/s1. The topological polar surface area (TPSA) is 68.8 Å². The molecule has 0 spiro atoms. The first-order valence-electron chi connectivity index (χ1n) is 10.1.